The summed E-state index contributed by atoms with van der Waals surface area (Å²) < 4.78 is 5.61. The number of nitrogens with one attached hydrogen (secondary N) is 1. The molecule has 1 aromatic carbocycles. The fourth-order valence-corrected chi connectivity index (χ4v) is 7.77. The van der Waals surface area contributed by atoms with E-state index in [1.807, 2.05) is 25.3 Å². The zero-order valence-corrected chi connectivity index (χ0v) is 21.6. The van der Waals surface area contributed by atoms with Crippen molar-refractivity contribution in [3.63, 3.8) is 0 Å². The van der Waals surface area contributed by atoms with Crippen LogP contribution in [0.4, 0.5) is 5.00 Å². The van der Waals surface area contributed by atoms with Crippen molar-refractivity contribution >= 4 is 39.6 Å². The molecule has 2 aliphatic carbocycles. The van der Waals surface area contributed by atoms with Gasteiger partial charge in [-0.1, -0.05) is 37.3 Å². The summed E-state index contributed by atoms with van der Waals surface area (Å²) >= 11 is 3.24. The minimum atomic E-state index is -0.331. The first kappa shape index (κ1) is 23.3. The summed E-state index contributed by atoms with van der Waals surface area (Å²) in [5.41, 5.74) is 4.91. The van der Waals surface area contributed by atoms with Crippen LogP contribution in [0.15, 0.2) is 35.7 Å². The highest BCUT2D eigenvalue weighted by Gasteiger charge is 2.32. The highest BCUT2D eigenvalue weighted by molar-refractivity contribution is 7.17. The average Bonchev–Trinajstić information content (AvgIpc) is 3.39. The lowest BCUT2D eigenvalue weighted by Gasteiger charge is -2.23. The molecule has 0 unspecified atom stereocenters. The van der Waals surface area contributed by atoms with Crippen LogP contribution in [0.3, 0.4) is 0 Å². The highest BCUT2D eigenvalue weighted by Crippen LogP contribution is 2.43. The minimum absolute atomic E-state index is 0.108. The summed E-state index contributed by atoms with van der Waals surface area (Å²) in [5.74, 6) is 0.655. The first-order valence-corrected chi connectivity index (χ1v) is 13.9. The normalized spacial score (nSPS) is 19.4. The number of hydrogen-bond donors (Lipinski definition) is 1. The molecular formula is C28H31NO3S2. The van der Waals surface area contributed by atoms with Gasteiger partial charge in [0.15, 0.2) is 0 Å². The SMILES string of the molecule is CC(C)OC(=O)c1c(NC(=O)c2csc3c2CC[C@H](C)C3)sc2c1CC[C@H](c1ccccc1)C2. The van der Waals surface area contributed by atoms with Gasteiger partial charge in [-0.25, -0.2) is 4.79 Å². The van der Waals surface area contributed by atoms with Crippen molar-refractivity contribution < 1.29 is 14.3 Å². The number of fused-ring (bicyclic) bond motifs is 2. The molecule has 3 aromatic rings. The Morgan fingerprint density at radius 1 is 1.03 bits per heavy atom. The Hall–Kier alpha value is -2.44. The van der Waals surface area contributed by atoms with E-state index in [-0.39, 0.29) is 18.0 Å². The molecule has 0 saturated carbocycles. The van der Waals surface area contributed by atoms with Crippen LogP contribution in [0.2, 0.25) is 0 Å². The summed E-state index contributed by atoms with van der Waals surface area (Å²) in [6, 6.07) is 10.6. The third-order valence-corrected chi connectivity index (χ3v) is 9.18. The van der Waals surface area contributed by atoms with Crippen LogP contribution < -0.4 is 5.32 Å². The van der Waals surface area contributed by atoms with Crippen molar-refractivity contribution in [1.82, 2.24) is 0 Å². The number of ether oxygens (including phenoxy) is 1. The number of esters is 1. The van der Waals surface area contributed by atoms with Crippen LogP contribution in [0.25, 0.3) is 0 Å². The Bertz CT molecular complexity index is 1210. The molecule has 34 heavy (non-hydrogen) atoms. The molecule has 2 aliphatic rings. The molecule has 0 spiro atoms. The van der Waals surface area contributed by atoms with E-state index in [0.717, 1.165) is 49.7 Å². The standard InChI is InChI=1S/C28H31NO3S2/c1-16(2)32-28(31)25-21-12-10-19(18-7-5-4-6-8-18)14-24(21)34-27(25)29-26(30)22-15-33-23-13-17(3)9-11-20(22)23/h4-8,15-17,19H,9-14H2,1-3H3,(H,29,30)/t17-,19-/m0/s1. The van der Waals surface area contributed by atoms with Gasteiger partial charge < -0.3 is 10.1 Å². The summed E-state index contributed by atoms with van der Waals surface area (Å²) in [6.45, 7) is 5.99. The Kier molecular flexibility index (Phi) is 6.63. The van der Waals surface area contributed by atoms with Gasteiger partial charge in [0.1, 0.15) is 5.00 Å². The van der Waals surface area contributed by atoms with Crippen LogP contribution in [-0.4, -0.2) is 18.0 Å². The maximum absolute atomic E-state index is 13.4. The van der Waals surface area contributed by atoms with Gasteiger partial charge in [-0.2, -0.15) is 0 Å². The highest BCUT2D eigenvalue weighted by atomic mass is 32.1. The van der Waals surface area contributed by atoms with Crippen molar-refractivity contribution in [2.75, 3.05) is 5.32 Å². The van der Waals surface area contributed by atoms with Crippen molar-refractivity contribution in [1.29, 1.82) is 0 Å². The quantitative estimate of drug-likeness (QED) is 0.388. The molecule has 1 N–H and O–H groups in total. The second kappa shape index (κ2) is 9.67. The smallest absolute Gasteiger partial charge is 0.341 e. The van der Waals surface area contributed by atoms with E-state index in [2.05, 4.69) is 36.5 Å². The maximum atomic E-state index is 13.4. The second-order valence-electron chi connectivity index (χ2n) is 9.87. The van der Waals surface area contributed by atoms with Crippen LogP contribution >= 0.6 is 22.7 Å². The van der Waals surface area contributed by atoms with Crippen LogP contribution in [0.1, 0.15) is 86.7 Å². The largest absolute Gasteiger partial charge is 0.459 e. The molecule has 0 aliphatic heterocycles. The lowest BCUT2D eigenvalue weighted by atomic mass is 9.83. The molecule has 5 rings (SSSR count). The van der Waals surface area contributed by atoms with E-state index in [1.54, 1.807) is 22.7 Å². The predicted octanol–water partition coefficient (Wildman–Crippen LogP) is 7.02. The number of thiophene rings is 2. The van der Waals surface area contributed by atoms with E-state index < -0.39 is 0 Å². The summed E-state index contributed by atoms with van der Waals surface area (Å²) in [5, 5.41) is 5.75. The first-order chi connectivity index (χ1) is 16.4. The summed E-state index contributed by atoms with van der Waals surface area (Å²) in [4.78, 5) is 29.0. The van der Waals surface area contributed by atoms with E-state index >= 15 is 0 Å². The molecule has 0 fully saturated rings. The second-order valence-corrected chi connectivity index (χ2v) is 11.9. The van der Waals surface area contributed by atoms with Crippen LogP contribution in [0, 0.1) is 5.92 Å². The summed E-state index contributed by atoms with van der Waals surface area (Å²) in [7, 11) is 0. The van der Waals surface area contributed by atoms with E-state index in [9.17, 15) is 9.59 Å². The third kappa shape index (κ3) is 4.58. The number of amides is 1. The number of anilines is 1. The molecule has 2 aromatic heterocycles. The fraction of sp³-hybridized carbons (Fsp3) is 0.429. The number of carbonyl (C=O) groups is 2. The van der Waals surface area contributed by atoms with Crippen LogP contribution in [0.5, 0.6) is 0 Å². The fourth-order valence-electron chi connectivity index (χ4n) is 5.21. The Morgan fingerprint density at radius 3 is 2.56 bits per heavy atom. The number of rotatable bonds is 5. The monoisotopic (exact) mass is 493 g/mol. The lowest BCUT2D eigenvalue weighted by molar-refractivity contribution is 0.0378. The van der Waals surface area contributed by atoms with Crippen molar-refractivity contribution in [3.05, 3.63) is 73.3 Å². The van der Waals surface area contributed by atoms with Crippen molar-refractivity contribution in [2.24, 2.45) is 5.92 Å². The Morgan fingerprint density at radius 2 is 1.79 bits per heavy atom. The molecule has 0 bridgehead atoms. The van der Waals surface area contributed by atoms with Gasteiger partial charge in [0.2, 0.25) is 0 Å². The molecule has 2 atom stereocenters. The van der Waals surface area contributed by atoms with Crippen LogP contribution in [-0.2, 0) is 30.4 Å². The molecule has 0 radical (unpaired) electrons. The predicted molar refractivity (Wildman–Crippen MR) is 140 cm³/mol. The van der Waals surface area contributed by atoms with E-state index in [4.69, 9.17) is 4.74 Å². The molecule has 2 heterocycles. The van der Waals surface area contributed by atoms with E-state index in [0.29, 0.717) is 22.4 Å². The molecule has 6 heteroatoms. The molecule has 4 nitrogen and oxygen atoms in total. The van der Waals surface area contributed by atoms with Crippen molar-refractivity contribution in [3.8, 4) is 0 Å². The number of carbonyl (C=O) groups excluding carboxylic acids is 2. The minimum Gasteiger partial charge on any atom is -0.459 e. The molecular weight excluding hydrogens is 462 g/mol. The van der Waals surface area contributed by atoms with Gasteiger partial charge in [-0.15, -0.1) is 22.7 Å². The van der Waals surface area contributed by atoms with E-state index in [1.165, 1.54) is 20.9 Å². The maximum Gasteiger partial charge on any atom is 0.341 e. The molecule has 1 amide bonds. The van der Waals surface area contributed by atoms with Gasteiger partial charge >= 0.3 is 5.97 Å². The number of benzene rings is 1. The van der Waals surface area contributed by atoms with Gasteiger partial charge in [-0.3, -0.25) is 4.79 Å². The average molecular weight is 494 g/mol. The molecule has 0 saturated heterocycles. The Labute approximate surface area is 209 Å². The summed E-state index contributed by atoms with van der Waals surface area (Å²) in [6.07, 6.45) is 5.59. The zero-order valence-electron chi connectivity index (χ0n) is 20.0. The first-order valence-electron chi connectivity index (χ1n) is 12.2. The van der Waals surface area contributed by atoms with Gasteiger partial charge in [0, 0.05) is 15.1 Å². The van der Waals surface area contributed by atoms with Gasteiger partial charge in [-0.05, 0) is 80.9 Å². The number of hydrogen-bond acceptors (Lipinski definition) is 5. The Balaban J connectivity index is 1.45. The zero-order chi connectivity index (χ0) is 23.8. The van der Waals surface area contributed by atoms with Crippen molar-refractivity contribution in [2.45, 2.75) is 71.3 Å². The molecule has 178 valence electrons. The third-order valence-electron chi connectivity index (χ3n) is 6.96. The lowest BCUT2D eigenvalue weighted by Crippen LogP contribution is -2.19. The topological polar surface area (TPSA) is 55.4 Å². The van der Waals surface area contributed by atoms with Gasteiger partial charge in [0.05, 0.1) is 17.2 Å². The van der Waals surface area contributed by atoms with Gasteiger partial charge in [0.25, 0.3) is 5.91 Å².